The van der Waals surface area contributed by atoms with Gasteiger partial charge in [-0.25, -0.2) is 0 Å². The van der Waals surface area contributed by atoms with Gasteiger partial charge in [0.25, 0.3) is 0 Å². The average Bonchev–Trinajstić information content (AvgIpc) is 2.91. The summed E-state index contributed by atoms with van der Waals surface area (Å²) in [5.41, 5.74) is 0. The maximum atomic E-state index is 10.9. The largest absolute Gasteiger partial charge is 0.151 e. The van der Waals surface area contributed by atoms with E-state index in [-0.39, 0.29) is 0 Å². The highest BCUT2D eigenvalue weighted by atomic mass is 16.3. The number of hydrogen-bond acceptors (Lipinski definition) is 2. The first-order chi connectivity index (χ1) is 18.3. The SMILES string of the molecule is CCCCCCCCCCCCCCCCCCC(CCCCCCCCCCCCCCC)CN=O. The average molecular weight is 522 g/mol. The molecule has 37 heavy (non-hydrogen) atoms. The molecular formula is C35H71NO. The van der Waals surface area contributed by atoms with Gasteiger partial charge in [0.15, 0.2) is 0 Å². The van der Waals surface area contributed by atoms with Crippen molar-refractivity contribution < 1.29 is 0 Å². The van der Waals surface area contributed by atoms with E-state index in [1.54, 1.807) is 0 Å². The van der Waals surface area contributed by atoms with Gasteiger partial charge in [-0.3, -0.25) is 0 Å². The van der Waals surface area contributed by atoms with Gasteiger partial charge in [0.1, 0.15) is 0 Å². The van der Waals surface area contributed by atoms with Crippen LogP contribution in [-0.4, -0.2) is 6.54 Å². The fourth-order valence-corrected chi connectivity index (χ4v) is 5.86. The molecule has 2 heteroatoms. The summed E-state index contributed by atoms with van der Waals surface area (Å²) in [4.78, 5) is 10.9. The molecule has 0 aliphatic rings. The van der Waals surface area contributed by atoms with E-state index in [1.165, 1.54) is 199 Å². The van der Waals surface area contributed by atoms with Crippen molar-refractivity contribution in [3.8, 4) is 0 Å². The summed E-state index contributed by atoms with van der Waals surface area (Å²) >= 11 is 0. The summed E-state index contributed by atoms with van der Waals surface area (Å²) in [6, 6.07) is 0. The molecule has 0 aliphatic carbocycles. The van der Waals surface area contributed by atoms with Gasteiger partial charge < -0.3 is 0 Å². The summed E-state index contributed by atoms with van der Waals surface area (Å²) in [7, 11) is 0. The van der Waals surface area contributed by atoms with E-state index in [0.29, 0.717) is 12.5 Å². The molecule has 0 bridgehead atoms. The third-order valence-electron chi connectivity index (χ3n) is 8.51. The van der Waals surface area contributed by atoms with Crippen molar-refractivity contribution in [3.05, 3.63) is 4.91 Å². The van der Waals surface area contributed by atoms with Crippen LogP contribution < -0.4 is 0 Å². The van der Waals surface area contributed by atoms with Crippen LogP contribution in [0.5, 0.6) is 0 Å². The van der Waals surface area contributed by atoms with Crippen LogP contribution in [0.1, 0.15) is 213 Å². The topological polar surface area (TPSA) is 29.4 Å². The van der Waals surface area contributed by atoms with Crippen LogP contribution in [0.25, 0.3) is 0 Å². The van der Waals surface area contributed by atoms with E-state index in [4.69, 9.17) is 0 Å². The molecule has 222 valence electrons. The van der Waals surface area contributed by atoms with Crippen molar-refractivity contribution in [3.63, 3.8) is 0 Å². The first kappa shape index (κ1) is 36.6. The minimum Gasteiger partial charge on any atom is -0.151 e. The zero-order valence-corrected chi connectivity index (χ0v) is 26.1. The second-order valence-electron chi connectivity index (χ2n) is 12.3. The smallest absolute Gasteiger partial charge is 0.0839 e. The van der Waals surface area contributed by atoms with Gasteiger partial charge in [0.2, 0.25) is 0 Å². The van der Waals surface area contributed by atoms with Crippen molar-refractivity contribution >= 4 is 0 Å². The zero-order valence-electron chi connectivity index (χ0n) is 26.1. The minimum absolute atomic E-state index is 0.553. The Morgan fingerprint density at radius 3 is 0.784 bits per heavy atom. The van der Waals surface area contributed by atoms with Crippen LogP contribution in [0.3, 0.4) is 0 Å². The fourth-order valence-electron chi connectivity index (χ4n) is 5.86. The lowest BCUT2D eigenvalue weighted by molar-refractivity contribution is 0.409. The van der Waals surface area contributed by atoms with Gasteiger partial charge in [0.05, 0.1) is 6.54 Å². The van der Waals surface area contributed by atoms with E-state index < -0.39 is 0 Å². The zero-order chi connectivity index (χ0) is 26.9. The van der Waals surface area contributed by atoms with Crippen LogP contribution in [0.4, 0.5) is 0 Å². The molecule has 0 spiro atoms. The van der Waals surface area contributed by atoms with E-state index in [2.05, 4.69) is 19.0 Å². The van der Waals surface area contributed by atoms with Crippen molar-refractivity contribution in [2.75, 3.05) is 6.54 Å². The molecule has 1 atom stereocenters. The number of rotatable bonds is 33. The molecule has 1 unspecified atom stereocenters. The van der Waals surface area contributed by atoms with Crippen LogP contribution >= 0.6 is 0 Å². The first-order valence-corrected chi connectivity index (χ1v) is 17.6. The Labute approximate surface area is 235 Å². The molecule has 0 aromatic heterocycles. The predicted octanol–water partition coefficient (Wildman–Crippen LogP) is 13.5. The van der Waals surface area contributed by atoms with Crippen LogP contribution in [0.15, 0.2) is 5.18 Å². The second-order valence-corrected chi connectivity index (χ2v) is 12.3. The summed E-state index contributed by atoms with van der Waals surface area (Å²) in [6.45, 7) is 5.14. The molecule has 0 heterocycles. The van der Waals surface area contributed by atoms with Crippen LogP contribution in [0, 0.1) is 10.8 Å². The Balaban J connectivity index is 3.36. The fraction of sp³-hybridized carbons (Fsp3) is 1.00. The van der Waals surface area contributed by atoms with Gasteiger partial charge in [-0.1, -0.05) is 205 Å². The molecule has 0 saturated heterocycles. The van der Waals surface area contributed by atoms with E-state index in [9.17, 15) is 4.91 Å². The molecule has 0 aliphatic heterocycles. The Bertz CT molecular complexity index is 410. The molecule has 0 saturated carbocycles. The molecule has 0 aromatic carbocycles. The Kier molecular flexibility index (Phi) is 33.3. The van der Waals surface area contributed by atoms with Gasteiger partial charge in [-0.05, 0) is 18.8 Å². The number of nitrogens with zero attached hydrogens (tertiary/aromatic N) is 1. The maximum absolute atomic E-state index is 10.9. The lowest BCUT2D eigenvalue weighted by atomic mass is 9.94. The molecule has 2 nitrogen and oxygen atoms in total. The Morgan fingerprint density at radius 1 is 0.351 bits per heavy atom. The summed E-state index contributed by atoms with van der Waals surface area (Å²) in [5, 5.41) is 3.26. The number of hydrogen-bond donors (Lipinski definition) is 0. The minimum atomic E-state index is 0.553. The highest BCUT2D eigenvalue weighted by molar-refractivity contribution is 4.63. The third-order valence-corrected chi connectivity index (χ3v) is 8.51. The monoisotopic (exact) mass is 522 g/mol. The Hall–Kier alpha value is -0.400. The van der Waals surface area contributed by atoms with Crippen molar-refractivity contribution in [1.29, 1.82) is 0 Å². The number of unbranched alkanes of at least 4 members (excludes halogenated alkanes) is 27. The quantitative estimate of drug-likeness (QED) is 0.0623. The second kappa shape index (κ2) is 33.6. The third kappa shape index (κ3) is 31.7. The highest BCUT2D eigenvalue weighted by Gasteiger charge is 2.08. The molecule has 0 aromatic rings. The predicted molar refractivity (Wildman–Crippen MR) is 169 cm³/mol. The van der Waals surface area contributed by atoms with Gasteiger partial charge in [-0.2, -0.15) is 4.91 Å². The molecule has 0 N–H and O–H groups in total. The van der Waals surface area contributed by atoms with Crippen molar-refractivity contribution in [2.45, 2.75) is 213 Å². The molecule has 0 radical (unpaired) electrons. The van der Waals surface area contributed by atoms with E-state index >= 15 is 0 Å². The van der Waals surface area contributed by atoms with Crippen molar-refractivity contribution in [2.24, 2.45) is 11.1 Å². The molecule has 0 amide bonds. The van der Waals surface area contributed by atoms with Gasteiger partial charge >= 0.3 is 0 Å². The van der Waals surface area contributed by atoms with Crippen LogP contribution in [-0.2, 0) is 0 Å². The number of nitroso groups, excluding NO2 is 1. The van der Waals surface area contributed by atoms with Crippen molar-refractivity contribution in [1.82, 2.24) is 0 Å². The lowest BCUT2D eigenvalue weighted by Gasteiger charge is -2.13. The van der Waals surface area contributed by atoms with Gasteiger partial charge in [-0.15, -0.1) is 0 Å². The highest BCUT2D eigenvalue weighted by Crippen LogP contribution is 2.20. The lowest BCUT2D eigenvalue weighted by Crippen LogP contribution is -2.04. The molecule has 0 fully saturated rings. The summed E-state index contributed by atoms with van der Waals surface area (Å²) in [5.74, 6) is 0.553. The van der Waals surface area contributed by atoms with Crippen LogP contribution in [0.2, 0.25) is 0 Å². The molecule has 0 rings (SSSR count). The van der Waals surface area contributed by atoms with E-state index in [0.717, 1.165) is 0 Å². The summed E-state index contributed by atoms with van der Waals surface area (Å²) in [6.07, 6.45) is 43.5. The Morgan fingerprint density at radius 2 is 0.568 bits per heavy atom. The summed E-state index contributed by atoms with van der Waals surface area (Å²) < 4.78 is 0. The van der Waals surface area contributed by atoms with Gasteiger partial charge in [0, 0.05) is 0 Å². The standard InChI is InChI=1S/C35H71NO/c1-3-5-7-9-11-13-15-17-18-19-21-23-25-27-29-31-33-35(34-36-37)32-30-28-26-24-22-20-16-14-12-10-8-6-4-2/h35H,3-34H2,1-2H3. The molecular weight excluding hydrogens is 450 g/mol. The first-order valence-electron chi connectivity index (χ1n) is 17.6. The maximum Gasteiger partial charge on any atom is 0.0839 e. The normalized spacial score (nSPS) is 12.3. The van der Waals surface area contributed by atoms with E-state index in [1.807, 2.05) is 0 Å².